The molecule has 5 heterocycles. The Labute approximate surface area is 342 Å². The number of hydrogen-bond acceptors (Lipinski definition) is 6. The number of pyridine rings is 1. The van der Waals surface area contributed by atoms with Crippen LogP contribution in [0.2, 0.25) is 0 Å². The van der Waals surface area contributed by atoms with E-state index in [4.69, 9.17) is 19.4 Å². The van der Waals surface area contributed by atoms with Crippen LogP contribution in [0.4, 0.5) is 0 Å². The van der Waals surface area contributed by atoms with Crippen molar-refractivity contribution in [1.82, 2.24) is 24.1 Å². The number of imidazole rings is 2. The van der Waals surface area contributed by atoms with Crippen molar-refractivity contribution in [3.8, 4) is 0 Å². The first-order chi connectivity index (χ1) is 26.6. The fourth-order valence-electron chi connectivity index (χ4n) is 10.0. The van der Waals surface area contributed by atoms with Gasteiger partial charge in [0, 0.05) is 29.7 Å². The van der Waals surface area contributed by atoms with Crippen molar-refractivity contribution in [2.24, 2.45) is 40.9 Å². The smallest absolute Gasteiger partial charge is 0.335 e. The Morgan fingerprint density at radius 1 is 0.789 bits per heavy atom. The van der Waals surface area contributed by atoms with E-state index >= 15 is 0 Å². The summed E-state index contributed by atoms with van der Waals surface area (Å²) in [6.07, 6.45) is 8.74. The molecule has 1 N–H and O–H groups in total. The molecule has 0 radical (unpaired) electrons. The Hall–Kier alpha value is -3.30. The second-order valence-corrected chi connectivity index (χ2v) is 21.3. The van der Waals surface area contributed by atoms with Gasteiger partial charge in [-0.05, 0) is 110 Å². The molecular weight excluding hydrogens is 711 g/mol. The van der Waals surface area contributed by atoms with E-state index in [-0.39, 0.29) is 16.9 Å². The van der Waals surface area contributed by atoms with Crippen LogP contribution in [0.1, 0.15) is 149 Å². The third-order valence-electron chi connectivity index (χ3n) is 13.1. The number of fused-ring (bicyclic) bond motifs is 3. The third-order valence-corrected chi connectivity index (χ3v) is 13.1. The molecule has 57 heavy (non-hydrogen) atoms. The molecule has 4 aliphatic rings. The van der Waals surface area contributed by atoms with Crippen molar-refractivity contribution in [2.75, 3.05) is 13.2 Å². The Balaban J connectivity index is 0.000000145. The highest BCUT2D eigenvalue weighted by molar-refractivity contribution is 5.92. The van der Waals surface area contributed by atoms with Gasteiger partial charge in [0.25, 0.3) is 0 Å². The molecule has 314 valence electrons. The zero-order chi connectivity index (χ0) is 41.6. The van der Waals surface area contributed by atoms with Crippen LogP contribution in [0.5, 0.6) is 0 Å². The zero-order valence-corrected chi connectivity index (χ0v) is 37.5. The van der Waals surface area contributed by atoms with E-state index in [2.05, 4.69) is 103 Å². The number of carbonyl (C=O) groups is 1. The fourth-order valence-corrected chi connectivity index (χ4v) is 10.0. The number of ether oxygens (including phenoxy) is 2. The highest BCUT2D eigenvalue weighted by atomic mass is 16.5. The monoisotopic (exact) mass is 784 g/mol. The van der Waals surface area contributed by atoms with Crippen molar-refractivity contribution < 1.29 is 19.4 Å². The van der Waals surface area contributed by atoms with Crippen molar-refractivity contribution in [1.29, 1.82) is 0 Å². The molecule has 3 aromatic heterocycles. The van der Waals surface area contributed by atoms with Crippen LogP contribution in [0.25, 0.3) is 22.2 Å². The topological polar surface area (TPSA) is 104 Å². The Morgan fingerprint density at radius 3 is 1.88 bits per heavy atom. The van der Waals surface area contributed by atoms with Gasteiger partial charge in [0.05, 0.1) is 41.9 Å². The molecule has 0 bridgehead atoms. The normalized spacial score (nSPS) is 26.2. The van der Waals surface area contributed by atoms with Gasteiger partial charge in [-0.1, -0.05) is 89.5 Å². The molecule has 2 aliphatic heterocycles. The van der Waals surface area contributed by atoms with Gasteiger partial charge >= 0.3 is 5.97 Å². The molecular formula is C48H73N5O4. The van der Waals surface area contributed by atoms with Crippen LogP contribution in [-0.4, -0.2) is 60.6 Å². The van der Waals surface area contributed by atoms with E-state index in [0.29, 0.717) is 17.1 Å². The van der Waals surface area contributed by atoms with Crippen molar-refractivity contribution >= 4 is 28.2 Å². The summed E-state index contributed by atoms with van der Waals surface area (Å²) in [5.74, 6) is 7.06. The molecule has 4 aromatic rings. The first-order valence-corrected chi connectivity index (χ1v) is 21.9. The van der Waals surface area contributed by atoms with Crippen LogP contribution >= 0.6 is 0 Å². The van der Waals surface area contributed by atoms with Crippen LogP contribution in [0.3, 0.4) is 0 Å². The minimum absolute atomic E-state index is 0.0123. The standard InChI is InChI=1S/C17H32.C16H20N2O3.C15H21N3O/c1-11(2)16-14-9-12(3)7-8-13(14)10-15(16)17(4,5)6;1-16(2,3)15-17-12-5-4-10(14(19)20)8-13(12)18(15)9-11-6-7-21-11;1-10-5-6-12-13(16-10)18(9-11-7-8-19-11)14(17-12)15(2,3)4/h11-16H,7-10H2,1-6H3;4-5,8,11H,6-7,9H2,1-3H3,(H,19,20);5-6,11H,7-9H2,1-4H3/t;2*11-/m.00/s1. The van der Waals surface area contributed by atoms with Crippen molar-refractivity contribution in [3.63, 3.8) is 0 Å². The predicted octanol–water partition coefficient (Wildman–Crippen LogP) is 11.0. The maximum absolute atomic E-state index is 11.2. The summed E-state index contributed by atoms with van der Waals surface area (Å²) in [6.45, 7) is 33.0. The van der Waals surface area contributed by atoms with E-state index in [0.717, 1.165) is 114 Å². The second kappa shape index (κ2) is 16.8. The van der Waals surface area contributed by atoms with E-state index in [1.54, 1.807) is 18.2 Å². The van der Waals surface area contributed by atoms with E-state index in [1.807, 2.05) is 13.0 Å². The summed E-state index contributed by atoms with van der Waals surface area (Å²) in [6, 6.07) is 9.18. The van der Waals surface area contributed by atoms with Crippen molar-refractivity contribution in [3.05, 3.63) is 53.2 Å². The summed E-state index contributed by atoms with van der Waals surface area (Å²) >= 11 is 0. The molecule has 2 aliphatic carbocycles. The van der Waals surface area contributed by atoms with E-state index in [1.165, 1.54) is 25.7 Å². The number of aromatic nitrogens is 5. The maximum atomic E-state index is 11.2. The predicted molar refractivity (Wildman–Crippen MR) is 231 cm³/mol. The summed E-state index contributed by atoms with van der Waals surface area (Å²) in [7, 11) is 0. The minimum Gasteiger partial charge on any atom is -0.478 e. The number of carboxylic acid groups (broad SMARTS) is 1. The molecule has 0 spiro atoms. The quantitative estimate of drug-likeness (QED) is 0.208. The molecule has 0 amide bonds. The Kier molecular flexibility index (Phi) is 12.7. The average molecular weight is 784 g/mol. The summed E-state index contributed by atoms with van der Waals surface area (Å²) in [4.78, 5) is 25.4. The molecule has 4 fully saturated rings. The van der Waals surface area contributed by atoms with Crippen LogP contribution in [-0.2, 0) is 33.4 Å². The SMILES string of the molecule is CC(C)(C)c1nc2ccc(C(=O)O)cc2n1C[C@@H]1CCO1.CC1CCC2CC(C(C)(C)C)C(C(C)C)C2C1.Cc1ccc2nc(C(C)(C)C)n(C[C@@H]3CCO3)c2n1. The largest absolute Gasteiger partial charge is 0.478 e. The zero-order valence-electron chi connectivity index (χ0n) is 37.5. The lowest BCUT2D eigenvalue weighted by Crippen LogP contribution is -2.33. The number of benzene rings is 1. The first-order valence-electron chi connectivity index (χ1n) is 21.9. The lowest BCUT2D eigenvalue weighted by molar-refractivity contribution is -0.0594. The highest BCUT2D eigenvalue weighted by Crippen LogP contribution is 2.57. The number of carboxylic acids is 1. The number of rotatable bonds is 6. The molecule has 8 rings (SSSR count). The lowest BCUT2D eigenvalue weighted by atomic mass is 9.67. The first kappa shape index (κ1) is 43.3. The van der Waals surface area contributed by atoms with Crippen LogP contribution in [0, 0.1) is 47.8 Å². The van der Waals surface area contributed by atoms with Gasteiger partial charge in [-0.2, -0.15) is 0 Å². The fraction of sp³-hybridized carbons (Fsp3) is 0.708. The van der Waals surface area contributed by atoms with Crippen LogP contribution < -0.4 is 0 Å². The molecule has 5 unspecified atom stereocenters. The number of nitrogens with zero attached hydrogens (tertiary/aromatic N) is 5. The van der Waals surface area contributed by atoms with Gasteiger partial charge in [0.15, 0.2) is 5.65 Å². The lowest BCUT2D eigenvalue weighted by Gasteiger charge is -2.39. The number of aryl methyl sites for hydroxylation is 1. The van der Waals surface area contributed by atoms with Gasteiger partial charge < -0.3 is 23.7 Å². The van der Waals surface area contributed by atoms with Gasteiger partial charge in [-0.3, -0.25) is 0 Å². The second-order valence-electron chi connectivity index (χ2n) is 21.3. The van der Waals surface area contributed by atoms with Crippen molar-refractivity contribution in [2.45, 2.75) is 165 Å². The average Bonchev–Trinajstić information content (AvgIpc) is 3.76. The van der Waals surface area contributed by atoms with E-state index in [9.17, 15) is 9.90 Å². The molecule has 2 saturated heterocycles. The Bertz CT molecular complexity index is 2000. The molecule has 9 heteroatoms. The number of aromatic carboxylic acids is 1. The summed E-state index contributed by atoms with van der Waals surface area (Å²) in [5, 5.41) is 9.19. The molecule has 1 aromatic carbocycles. The van der Waals surface area contributed by atoms with Crippen LogP contribution in [0.15, 0.2) is 30.3 Å². The third kappa shape index (κ3) is 9.78. The van der Waals surface area contributed by atoms with Gasteiger partial charge in [-0.15, -0.1) is 0 Å². The van der Waals surface area contributed by atoms with Gasteiger partial charge in [0.2, 0.25) is 0 Å². The maximum Gasteiger partial charge on any atom is 0.335 e. The minimum atomic E-state index is -0.915. The molecule has 2 saturated carbocycles. The molecule has 7 atom stereocenters. The van der Waals surface area contributed by atoms with E-state index < -0.39 is 5.97 Å². The molecule has 9 nitrogen and oxygen atoms in total. The van der Waals surface area contributed by atoms with Gasteiger partial charge in [-0.25, -0.2) is 19.7 Å². The summed E-state index contributed by atoms with van der Waals surface area (Å²) < 4.78 is 15.5. The summed E-state index contributed by atoms with van der Waals surface area (Å²) in [5.41, 5.74) is 5.41. The number of hydrogen-bond donors (Lipinski definition) is 1. The highest BCUT2D eigenvalue weighted by Gasteiger charge is 2.49. The Morgan fingerprint density at radius 2 is 1.35 bits per heavy atom. The van der Waals surface area contributed by atoms with Gasteiger partial charge in [0.1, 0.15) is 17.2 Å².